The summed E-state index contributed by atoms with van der Waals surface area (Å²) in [5.74, 6) is 0.660. The molecule has 0 aromatic heterocycles. The van der Waals surface area contributed by atoms with Gasteiger partial charge in [-0.2, -0.15) is 0 Å². The second-order valence-corrected chi connectivity index (χ2v) is 7.05. The van der Waals surface area contributed by atoms with Gasteiger partial charge in [0.05, 0.1) is 6.04 Å². The lowest BCUT2D eigenvalue weighted by molar-refractivity contribution is -0.134. The number of unbranched alkanes of at least 4 members (excludes halogenated alkanes) is 1. The van der Waals surface area contributed by atoms with Gasteiger partial charge in [0.25, 0.3) is 5.91 Å². The van der Waals surface area contributed by atoms with Crippen LogP contribution in [0.3, 0.4) is 0 Å². The first-order chi connectivity index (χ1) is 12.6. The fourth-order valence-corrected chi connectivity index (χ4v) is 3.31. The number of amides is 1. The first-order valence-electron chi connectivity index (χ1n) is 9.13. The van der Waals surface area contributed by atoms with E-state index in [0.717, 1.165) is 30.6 Å². The van der Waals surface area contributed by atoms with Crippen LogP contribution in [0.1, 0.15) is 25.3 Å². The largest absolute Gasteiger partial charge is 0.478 e. The van der Waals surface area contributed by atoms with Crippen molar-refractivity contribution in [3.8, 4) is 5.75 Å². The number of carbonyl (C=O) groups is 1. The average Bonchev–Trinajstić information content (AvgIpc) is 2.65. The molecule has 3 rings (SSSR count). The highest BCUT2D eigenvalue weighted by molar-refractivity contribution is 6.30. The molecule has 5 heteroatoms. The van der Waals surface area contributed by atoms with Crippen LogP contribution in [0.5, 0.6) is 5.75 Å². The van der Waals surface area contributed by atoms with Crippen molar-refractivity contribution in [1.29, 1.82) is 0 Å². The summed E-state index contributed by atoms with van der Waals surface area (Å²) < 4.78 is 5.99. The third-order valence-corrected chi connectivity index (χ3v) is 4.93. The first-order valence-corrected chi connectivity index (χ1v) is 9.51. The smallest absolute Gasteiger partial charge is 0.270 e. The normalized spacial score (nSPS) is 19.3. The number of hydrogen-bond donors (Lipinski definition) is 1. The fraction of sp³-hybridized carbons (Fsp3) is 0.381. The lowest BCUT2D eigenvalue weighted by Crippen LogP contribution is -2.70. The fourth-order valence-electron chi connectivity index (χ4n) is 3.19. The monoisotopic (exact) mass is 372 g/mol. The Morgan fingerprint density at radius 2 is 1.88 bits per heavy atom. The Morgan fingerprint density at radius 3 is 2.58 bits per heavy atom. The third kappa shape index (κ3) is 4.02. The molecule has 1 aliphatic rings. The highest BCUT2D eigenvalue weighted by Gasteiger charge is 2.50. The van der Waals surface area contributed by atoms with Gasteiger partial charge < -0.3 is 15.0 Å². The number of β-lactam (4-membered cyclic amide) rings is 1. The van der Waals surface area contributed by atoms with E-state index >= 15 is 0 Å². The van der Waals surface area contributed by atoms with Crippen molar-refractivity contribution in [2.24, 2.45) is 0 Å². The first kappa shape index (κ1) is 18.7. The second-order valence-electron chi connectivity index (χ2n) is 6.61. The molecule has 138 valence electrons. The van der Waals surface area contributed by atoms with Crippen LogP contribution < -0.4 is 15.0 Å². The Bertz CT molecular complexity index is 748. The molecule has 0 bridgehead atoms. The van der Waals surface area contributed by atoms with E-state index in [-0.39, 0.29) is 11.9 Å². The van der Waals surface area contributed by atoms with Gasteiger partial charge >= 0.3 is 0 Å². The predicted molar refractivity (Wildman–Crippen MR) is 106 cm³/mol. The molecule has 2 aromatic carbocycles. The summed E-state index contributed by atoms with van der Waals surface area (Å²) in [5.41, 5.74) is 2.04. The number of hydrogen-bond acceptors (Lipinski definition) is 3. The van der Waals surface area contributed by atoms with Crippen LogP contribution in [0.2, 0.25) is 5.02 Å². The van der Waals surface area contributed by atoms with Crippen LogP contribution in [0.25, 0.3) is 0 Å². The molecule has 1 heterocycles. The number of benzene rings is 2. The van der Waals surface area contributed by atoms with E-state index in [4.69, 9.17) is 16.3 Å². The summed E-state index contributed by atoms with van der Waals surface area (Å²) in [6.07, 6.45) is 1.78. The Balaban J connectivity index is 1.76. The molecule has 1 aliphatic heterocycles. The summed E-state index contributed by atoms with van der Waals surface area (Å²) in [4.78, 5) is 14.7. The number of anilines is 1. The van der Waals surface area contributed by atoms with Crippen molar-refractivity contribution in [1.82, 2.24) is 5.32 Å². The summed E-state index contributed by atoms with van der Waals surface area (Å²) >= 11 is 5.93. The quantitative estimate of drug-likeness (QED) is 0.557. The Hall–Kier alpha value is -2.04. The van der Waals surface area contributed by atoms with Gasteiger partial charge in [-0.3, -0.25) is 4.79 Å². The maximum atomic E-state index is 12.8. The van der Waals surface area contributed by atoms with E-state index in [1.54, 1.807) is 24.3 Å². The minimum atomic E-state index is -0.482. The number of rotatable bonds is 8. The van der Waals surface area contributed by atoms with Gasteiger partial charge in [-0.1, -0.05) is 43.1 Å². The molecule has 4 nitrogen and oxygen atoms in total. The van der Waals surface area contributed by atoms with Gasteiger partial charge in [0.15, 0.2) is 6.10 Å². The number of para-hydroxylation sites is 1. The minimum absolute atomic E-state index is 0.00320. The highest BCUT2D eigenvalue weighted by Crippen LogP contribution is 2.33. The molecule has 0 saturated carbocycles. The third-order valence-electron chi connectivity index (χ3n) is 4.67. The van der Waals surface area contributed by atoms with Crippen LogP contribution in [0, 0.1) is 6.92 Å². The molecule has 0 unspecified atom stereocenters. The number of nitrogens with one attached hydrogen (secondary N) is 1. The molecule has 2 atom stereocenters. The Labute approximate surface area is 160 Å². The van der Waals surface area contributed by atoms with Crippen molar-refractivity contribution in [3.63, 3.8) is 0 Å². The second kappa shape index (κ2) is 8.56. The van der Waals surface area contributed by atoms with Crippen molar-refractivity contribution in [2.75, 3.05) is 18.0 Å². The van der Waals surface area contributed by atoms with Gasteiger partial charge in [0, 0.05) is 17.3 Å². The van der Waals surface area contributed by atoms with Gasteiger partial charge in [-0.25, -0.2) is 0 Å². The highest BCUT2D eigenvalue weighted by atomic mass is 35.5. The molecule has 0 aliphatic carbocycles. The number of nitrogens with zero attached hydrogens (tertiary/aromatic N) is 1. The van der Waals surface area contributed by atoms with E-state index < -0.39 is 6.10 Å². The Kier molecular flexibility index (Phi) is 6.17. The topological polar surface area (TPSA) is 41.6 Å². The number of ether oxygens (including phenoxy) is 1. The SMILES string of the molecule is CCCCNC[C@@H]1[C@H](Oc2ccc(Cl)cc2)C(=O)N1c1ccccc1C. The van der Waals surface area contributed by atoms with Crippen LogP contribution >= 0.6 is 11.6 Å². The van der Waals surface area contributed by atoms with Crippen molar-refractivity contribution in [2.45, 2.75) is 38.8 Å². The van der Waals surface area contributed by atoms with Crippen LogP contribution in [0.15, 0.2) is 48.5 Å². The lowest BCUT2D eigenvalue weighted by atomic mass is 9.95. The van der Waals surface area contributed by atoms with Crippen molar-refractivity contribution >= 4 is 23.2 Å². The molecule has 0 spiro atoms. The molecular formula is C21H25ClN2O2. The Morgan fingerprint density at radius 1 is 1.15 bits per heavy atom. The summed E-state index contributed by atoms with van der Waals surface area (Å²) in [7, 11) is 0. The molecule has 0 radical (unpaired) electrons. The van der Waals surface area contributed by atoms with Crippen molar-refractivity contribution < 1.29 is 9.53 Å². The molecule has 1 saturated heterocycles. The van der Waals surface area contributed by atoms with E-state index in [9.17, 15) is 4.79 Å². The summed E-state index contributed by atoms with van der Waals surface area (Å²) in [6.45, 7) is 5.84. The lowest BCUT2D eigenvalue weighted by Gasteiger charge is -2.47. The summed E-state index contributed by atoms with van der Waals surface area (Å²) in [5, 5.41) is 4.11. The molecule has 1 fully saturated rings. The van der Waals surface area contributed by atoms with Gasteiger partial charge in [-0.15, -0.1) is 0 Å². The van der Waals surface area contributed by atoms with E-state index in [1.165, 1.54) is 0 Å². The number of halogens is 1. The van der Waals surface area contributed by atoms with E-state index in [2.05, 4.69) is 12.2 Å². The minimum Gasteiger partial charge on any atom is -0.478 e. The average molecular weight is 373 g/mol. The summed E-state index contributed by atoms with van der Waals surface area (Å²) in [6, 6.07) is 15.1. The van der Waals surface area contributed by atoms with Crippen LogP contribution in [-0.2, 0) is 4.79 Å². The van der Waals surface area contributed by atoms with Crippen molar-refractivity contribution in [3.05, 3.63) is 59.1 Å². The van der Waals surface area contributed by atoms with Crippen LogP contribution in [0.4, 0.5) is 5.69 Å². The zero-order valence-electron chi connectivity index (χ0n) is 15.2. The molecule has 2 aromatic rings. The molecule has 1 amide bonds. The van der Waals surface area contributed by atoms with E-state index in [1.807, 2.05) is 36.1 Å². The predicted octanol–water partition coefficient (Wildman–Crippen LogP) is 4.20. The van der Waals surface area contributed by atoms with Gasteiger partial charge in [-0.05, 0) is 55.8 Å². The van der Waals surface area contributed by atoms with E-state index in [0.29, 0.717) is 17.3 Å². The van der Waals surface area contributed by atoms with Gasteiger partial charge in [0.1, 0.15) is 5.75 Å². The molecule has 26 heavy (non-hydrogen) atoms. The maximum Gasteiger partial charge on any atom is 0.270 e. The number of aryl methyl sites for hydroxylation is 1. The maximum absolute atomic E-state index is 12.8. The van der Waals surface area contributed by atoms with Crippen LogP contribution in [-0.4, -0.2) is 31.1 Å². The molecular weight excluding hydrogens is 348 g/mol. The standard InChI is InChI=1S/C21H25ClN2O2/c1-3-4-13-23-14-19-20(26-17-11-9-16(22)10-12-17)21(25)24(19)18-8-6-5-7-15(18)2/h5-12,19-20,23H,3-4,13-14H2,1-2H3/t19-,20+/m1/s1. The zero-order valence-corrected chi connectivity index (χ0v) is 16.0. The molecule has 1 N–H and O–H groups in total. The zero-order chi connectivity index (χ0) is 18.5. The van der Waals surface area contributed by atoms with Gasteiger partial charge in [0.2, 0.25) is 0 Å². The number of carbonyl (C=O) groups excluding carboxylic acids is 1.